The summed E-state index contributed by atoms with van der Waals surface area (Å²) >= 11 is 0. The van der Waals surface area contributed by atoms with Crippen molar-refractivity contribution in [3.63, 3.8) is 0 Å². The minimum atomic E-state index is -4.87. The molecule has 1 amide bonds. The van der Waals surface area contributed by atoms with Crippen molar-refractivity contribution in [1.29, 1.82) is 0 Å². The molecule has 4 heterocycles. The average Bonchev–Trinajstić information content (AvgIpc) is 3.36. The van der Waals surface area contributed by atoms with Gasteiger partial charge in [-0.15, -0.1) is 0 Å². The highest BCUT2D eigenvalue weighted by atomic mass is 19.4. The van der Waals surface area contributed by atoms with Crippen LogP contribution >= 0.6 is 0 Å². The fraction of sp³-hybridized carbons (Fsp3) is 0.364. The Kier molecular flexibility index (Phi) is 8.06. The first kappa shape index (κ1) is 29.7. The summed E-state index contributed by atoms with van der Waals surface area (Å²) in [5, 5.41) is 18.1. The number of aliphatic hydroxyl groups excluding tert-OH is 1. The van der Waals surface area contributed by atoms with Gasteiger partial charge in [0.15, 0.2) is 0 Å². The Morgan fingerprint density at radius 2 is 1.57 bits per heavy atom. The van der Waals surface area contributed by atoms with Crippen molar-refractivity contribution < 1.29 is 27.8 Å². The number of halogens is 3. The van der Waals surface area contributed by atoms with Crippen LogP contribution in [0.5, 0.6) is 5.75 Å². The monoisotopic (exact) mass is 605 g/mol. The number of alkyl halides is 3. The minimum absolute atomic E-state index is 0.0244. The highest BCUT2D eigenvalue weighted by Gasteiger charge is 2.54. The van der Waals surface area contributed by atoms with Gasteiger partial charge in [0, 0.05) is 24.6 Å². The van der Waals surface area contributed by atoms with Crippen molar-refractivity contribution in [2.75, 3.05) is 23.3 Å². The molecule has 1 saturated heterocycles. The van der Waals surface area contributed by atoms with E-state index in [1.165, 1.54) is 4.68 Å². The van der Waals surface area contributed by atoms with Crippen molar-refractivity contribution >= 4 is 17.5 Å². The summed E-state index contributed by atoms with van der Waals surface area (Å²) < 4.78 is 51.1. The number of anilines is 2. The van der Waals surface area contributed by atoms with E-state index in [-0.39, 0.29) is 29.1 Å². The van der Waals surface area contributed by atoms with E-state index in [2.05, 4.69) is 15.2 Å². The van der Waals surface area contributed by atoms with E-state index in [0.29, 0.717) is 31.7 Å². The van der Waals surface area contributed by atoms with Crippen molar-refractivity contribution in [1.82, 2.24) is 14.8 Å². The lowest BCUT2D eigenvalue weighted by Crippen LogP contribution is -2.45. The smallest absolute Gasteiger partial charge is 0.398 e. The van der Waals surface area contributed by atoms with Crippen LogP contribution in [0.25, 0.3) is 0 Å². The molecule has 2 atom stereocenters. The van der Waals surface area contributed by atoms with E-state index in [1.54, 1.807) is 6.20 Å². The first-order valence-corrected chi connectivity index (χ1v) is 14.8. The quantitative estimate of drug-likeness (QED) is 0.267. The maximum atomic E-state index is 14.6. The third-order valence-corrected chi connectivity index (χ3v) is 8.24. The number of carbonyl (C=O) groups is 1. The Morgan fingerprint density at radius 1 is 0.955 bits per heavy atom. The molecular formula is C33H34F3N5O3. The SMILES string of the molecule is CC(C)Oc1ccc(N2CCC(c3nn(C(c4ccccc4)c4ccccc4)c4c3[C@H](C(F)(F)F)[C@H](O)C(=O)N4)CC2)nc1. The van der Waals surface area contributed by atoms with Crippen molar-refractivity contribution in [3.05, 3.63) is 101 Å². The van der Waals surface area contributed by atoms with Gasteiger partial charge in [0.2, 0.25) is 0 Å². The number of nitrogens with one attached hydrogen (secondary N) is 1. The van der Waals surface area contributed by atoms with Crippen LogP contribution in [-0.4, -0.2) is 57.3 Å². The Labute approximate surface area is 253 Å². The Bertz CT molecular complexity index is 1550. The highest BCUT2D eigenvalue weighted by Crippen LogP contribution is 2.49. The van der Waals surface area contributed by atoms with Crippen LogP contribution in [0.4, 0.5) is 24.8 Å². The number of ether oxygens (including phenoxy) is 1. The number of pyridine rings is 1. The van der Waals surface area contributed by atoms with Crippen LogP contribution in [0.3, 0.4) is 0 Å². The first-order chi connectivity index (χ1) is 21.1. The van der Waals surface area contributed by atoms with Crippen LogP contribution in [0.2, 0.25) is 0 Å². The fourth-order valence-corrected chi connectivity index (χ4v) is 6.26. The van der Waals surface area contributed by atoms with Crippen LogP contribution < -0.4 is 15.0 Å². The second kappa shape index (κ2) is 12.0. The predicted molar refractivity (Wildman–Crippen MR) is 160 cm³/mol. The number of aromatic nitrogens is 3. The zero-order valence-electron chi connectivity index (χ0n) is 24.4. The number of benzene rings is 2. The lowest BCUT2D eigenvalue weighted by atomic mass is 9.82. The van der Waals surface area contributed by atoms with Gasteiger partial charge in [-0.3, -0.25) is 4.79 Å². The number of piperidine rings is 1. The van der Waals surface area contributed by atoms with Crippen LogP contribution in [0, 0.1) is 0 Å². The van der Waals surface area contributed by atoms with Crippen molar-refractivity contribution in [3.8, 4) is 5.75 Å². The number of aliphatic hydroxyl groups is 1. The van der Waals surface area contributed by atoms with Gasteiger partial charge in [0.05, 0.1) is 18.0 Å². The molecule has 2 aliphatic heterocycles. The largest absolute Gasteiger partial charge is 0.489 e. The van der Waals surface area contributed by atoms with E-state index in [9.17, 15) is 23.1 Å². The van der Waals surface area contributed by atoms with E-state index < -0.39 is 30.1 Å². The fourth-order valence-electron chi connectivity index (χ4n) is 6.26. The Hall–Kier alpha value is -4.38. The molecule has 0 bridgehead atoms. The summed E-state index contributed by atoms with van der Waals surface area (Å²) in [7, 11) is 0. The van der Waals surface area contributed by atoms with Crippen LogP contribution in [0.15, 0.2) is 79.0 Å². The summed E-state index contributed by atoms with van der Waals surface area (Å²) in [6.07, 6.45) is -4.41. The third kappa shape index (κ3) is 5.76. The van der Waals surface area contributed by atoms with E-state index in [4.69, 9.17) is 9.84 Å². The molecule has 0 saturated carbocycles. The molecule has 1 fully saturated rings. The van der Waals surface area contributed by atoms with Gasteiger partial charge in [-0.25, -0.2) is 9.67 Å². The van der Waals surface area contributed by atoms with Crippen molar-refractivity contribution in [2.24, 2.45) is 0 Å². The minimum Gasteiger partial charge on any atom is -0.489 e. The summed E-state index contributed by atoms with van der Waals surface area (Å²) in [6.45, 7) is 4.98. The van der Waals surface area contributed by atoms with Crippen LogP contribution in [0.1, 0.15) is 67.0 Å². The summed E-state index contributed by atoms with van der Waals surface area (Å²) in [6, 6.07) is 21.8. The average molecular weight is 606 g/mol. The number of amides is 1. The molecule has 2 N–H and O–H groups in total. The number of nitrogens with zero attached hydrogens (tertiary/aromatic N) is 4. The zero-order valence-corrected chi connectivity index (χ0v) is 24.4. The second-order valence-corrected chi connectivity index (χ2v) is 11.5. The summed E-state index contributed by atoms with van der Waals surface area (Å²) in [5.41, 5.74) is 1.69. The molecule has 8 nitrogen and oxygen atoms in total. The maximum absolute atomic E-state index is 14.6. The molecule has 230 valence electrons. The molecule has 11 heteroatoms. The molecular weight excluding hydrogens is 571 g/mol. The predicted octanol–water partition coefficient (Wildman–Crippen LogP) is 6.05. The van der Waals surface area contributed by atoms with Gasteiger partial charge in [0.25, 0.3) is 5.91 Å². The molecule has 0 aliphatic carbocycles. The van der Waals surface area contributed by atoms with Gasteiger partial charge < -0.3 is 20.1 Å². The number of carbonyl (C=O) groups excluding carboxylic acids is 1. The normalized spacial score (nSPS) is 19.3. The molecule has 2 aliphatic rings. The standard InChI is InChI=1S/C33H34F3N5O3/c1-20(2)44-24-13-14-25(37-19-24)40-17-15-21(16-18-40)28-26-27(33(34,35)36)30(42)32(43)38-31(26)41(39-28)29(22-9-5-3-6-10-22)23-11-7-4-8-12-23/h3-14,19-21,27,29-30,42H,15-18H2,1-2H3,(H,38,43)/t27-,30-/m0/s1. The topological polar surface area (TPSA) is 92.5 Å². The van der Waals surface area contributed by atoms with Crippen LogP contribution in [-0.2, 0) is 4.79 Å². The molecule has 44 heavy (non-hydrogen) atoms. The van der Waals surface area contributed by atoms with Gasteiger partial charge in [-0.2, -0.15) is 18.3 Å². The second-order valence-electron chi connectivity index (χ2n) is 11.5. The van der Waals surface area contributed by atoms with E-state index in [0.717, 1.165) is 16.9 Å². The van der Waals surface area contributed by atoms with Gasteiger partial charge in [0.1, 0.15) is 35.4 Å². The lowest BCUT2D eigenvalue weighted by Gasteiger charge is -2.34. The van der Waals surface area contributed by atoms with Gasteiger partial charge >= 0.3 is 6.18 Å². The maximum Gasteiger partial charge on any atom is 0.398 e. The van der Waals surface area contributed by atoms with Gasteiger partial charge in [-0.1, -0.05) is 60.7 Å². The number of fused-ring (bicyclic) bond motifs is 1. The van der Waals surface area contributed by atoms with Gasteiger partial charge in [-0.05, 0) is 49.9 Å². The summed E-state index contributed by atoms with van der Waals surface area (Å²) in [5.74, 6) is -2.42. The third-order valence-electron chi connectivity index (χ3n) is 8.24. The molecule has 0 spiro atoms. The zero-order chi connectivity index (χ0) is 31.0. The molecule has 0 unspecified atom stereocenters. The summed E-state index contributed by atoms with van der Waals surface area (Å²) in [4.78, 5) is 19.4. The Balaban J connectivity index is 1.40. The van der Waals surface area contributed by atoms with E-state index >= 15 is 0 Å². The molecule has 4 aromatic rings. The number of hydrogen-bond acceptors (Lipinski definition) is 6. The Morgan fingerprint density at radius 3 is 2.09 bits per heavy atom. The number of rotatable bonds is 7. The molecule has 2 aromatic heterocycles. The highest BCUT2D eigenvalue weighted by molar-refractivity contribution is 5.97. The lowest BCUT2D eigenvalue weighted by molar-refractivity contribution is -0.177. The molecule has 0 radical (unpaired) electrons. The van der Waals surface area contributed by atoms with Crippen molar-refractivity contribution in [2.45, 2.75) is 63.0 Å². The molecule has 2 aromatic carbocycles. The first-order valence-electron chi connectivity index (χ1n) is 14.8. The van der Waals surface area contributed by atoms with E-state index in [1.807, 2.05) is 86.6 Å². The molecule has 6 rings (SSSR count). The number of hydrogen-bond donors (Lipinski definition) is 2.